The van der Waals surface area contributed by atoms with Crippen LogP contribution in [0.15, 0.2) is 72.8 Å². The van der Waals surface area contributed by atoms with Crippen LogP contribution in [-0.2, 0) is 17.8 Å². The molecule has 0 saturated heterocycles. The number of nitrogens with zero attached hydrogens (tertiary/aromatic N) is 1. The van der Waals surface area contributed by atoms with Crippen molar-refractivity contribution >= 4 is 11.9 Å². The first-order chi connectivity index (χ1) is 16.0. The predicted molar refractivity (Wildman–Crippen MR) is 124 cm³/mol. The quantitative estimate of drug-likeness (QED) is 0.475. The van der Waals surface area contributed by atoms with Gasteiger partial charge in [0.15, 0.2) is 6.61 Å². The minimum Gasteiger partial charge on any atom is -0.497 e. The highest BCUT2D eigenvalue weighted by atomic mass is 16.5. The van der Waals surface area contributed by atoms with Crippen molar-refractivity contribution in [2.24, 2.45) is 0 Å². The highest BCUT2D eigenvalue weighted by molar-refractivity contribution is 5.95. The lowest BCUT2D eigenvalue weighted by Gasteiger charge is -2.24. The third kappa shape index (κ3) is 7.00. The van der Waals surface area contributed by atoms with Crippen LogP contribution in [0.4, 0.5) is 0 Å². The standard InChI is InChI=1S/C26H27NO6/c1-31-23-14-21(15-24(16-23)32-2)26(30)27(13-12-19-6-4-3-5-7-19)17-20-8-10-22(11-9-20)33-18-25(28)29/h3-11,14-16H,12-13,17-18H2,1-2H3,(H,28,29). The Hall–Kier alpha value is -4.00. The number of carboxylic acids is 1. The smallest absolute Gasteiger partial charge is 0.341 e. The number of methoxy groups -OCH3 is 2. The van der Waals surface area contributed by atoms with Gasteiger partial charge in [0.05, 0.1) is 14.2 Å². The molecule has 0 spiro atoms. The summed E-state index contributed by atoms with van der Waals surface area (Å²) in [5.74, 6) is 0.363. The molecular formula is C26H27NO6. The van der Waals surface area contributed by atoms with E-state index in [9.17, 15) is 9.59 Å². The number of hydrogen-bond donors (Lipinski definition) is 1. The van der Waals surface area contributed by atoms with Gasteiger partial charge in [0.2, 0.25) is 0 Å². The zero-order chi connectivity index (χ0) is 23.6. The van der Waals surface area contributed by atoms with Crippen molar-refractivity contribution in [3.05, 3.63) is 89.5 Å². The van der Waals surface area contributed by atoms with Crippen LogP contribution in [-0.4, -0.2) is 49.3 Å². The molecule has 0 heterocycles. The van der Waals surface area contributed by atoms with Crippen molar-refractivity contribution in [3.8, 4) is 17.2 Å². The van der Waals surface area contributed by atoms with Gasteiger partial charge in [0.1, 0.15) is 17.2 Å². The average Bonchev–Trinajstić information content (AvgIpc) is 2.85. The molecule has 0 aliphatic rings. The molecule has 33 heavy (non-hydrogen) atoms. The molecule has 172 valence electrons. The number of aliphatic carboxylic acids is 1. The Morgan fingerprint density at radius 3 is 2.03 bits per heavy atom. The second kappa shape index (κ2) is 11.6. The van der Waals surface area contributed by atoms with Gasteiger partial charge >= 0.3 is 5.97 Å². The highest BCUT2D eigenvalue weighted by Crippen LogP contribution is 2.24. The van der Waals surface area contributed by atoms with Gasteiger partial charge in [-0.1, -0.05) is 42.5 Å². The molecule has 0 unspecified atom stereocenters. The number of carboxylic acid groups (broad SMARTS) is 1. The Bertz CT molecular complexity index is 1040. The van der Waals surface area contributed by atoms with E-state index >= 15 is 0 Å². The van der Waals surface area contributed by atoms with Crippen LogP contribution in [0.25, 0.3) is 0 Å². The normalized spacial score (nSPS) is 10.4. The fourth-order valence-corrected chi connectivity index (χ4v) is 3.33. The predicted octanol–water partition coefficient (Wildman–Crippen LogP) is 4.05. The van der Waals surface area contributed by atoms with E-state index < -0.39 is 12.6 Å². The van der Waals surface area contributed by atoms with E-state index in [-0.39, 0.29) is 5.91 Å². The molecule has 3 aromatic rings. The Labute approximate surface area is 193 Å². The summed E-state index contributed by atoms with van der Waals surface area (Å²) in [5.41, 5.74) is 2.51. The van der Waals surface area contributed by atoms with E-state index in [1.54, 1.807) is 49.5 Å². The summed E-state index contributed by atoms with van der Waals surface area (Å²) in [6, 6.07) is 22.2. The number of ether oxygens (including phenoxy) is 3. The maximum Gasteiger partial charge on any atom is 0.341 e. The molecule has 3 rings (SSSR count). The van der Waals surface area contributed by atoms with E-state index in [1.807, 2.05) is 42.5 Å². The van der Waals surface area contributed by atoms with Crippen LogP contribution < -0.4 is 14.2 Å². The molecule has 0 aliphatic carbocycles. The molecule has 0 radical (unpaired) electrons. The topological polar surface area (TPSA) is 85.3 Å². The maximum absolute atomic E-state index is 13.5. The molecule has 7 heteroatoms. The first-order valence-corrected chi connectivity index (χ1v) is 10.5. The number of benzene rings is 3. The Kier molecular flexibility index (Phi) is 8.30. The number of amides is 1. The molecule has 0 aromatic heterocycles. The number of hydrogen-bond acceptors (Lipinski definition) is 5. The second-order valence-corrected chi connectivity index (χ2v) is 7.39. The first-order valence-electron chi connectivity index (χ1n) is 10.5. The summed E-state index contributed by atoms with van der Waals surface area (Å²) in [5, 5.41) is 8.76. The molecule has 1 N–H and O–H groups in total. The highest BCUT2D eigenvalue weighted by Gasteiger charge is 2.18. The molecule has 0 bridgehead atoms. The van der Waals surface area contributed by atoms with Crippen LogP contribution in [0, 0.1) is 0 Å². The van der Waals surface area contributed by atoms with E-state index in [1.165, 1.54) is 0 Å². The van der Waals surface area contributed by atoms with Crippen molar-refractivity contribution in [2.45, 2.75) is 13.0 Å². The first kappa shape index (κ1) is 23.7. The fraction of sp³-hybridized carbons (Fsp3) is 0.231. The molecule has 1 amide bonds. The minimum absolute atomic E-state index is 0.144. The van der Waals surface area contributed by atoms with Gasteiger partial charge in [-0.15, -0.1) is 0 Å². The largest absolute Gasteiger partial charge is 0.497 e. The summed E-state index contributed by atoms with van der Waals surface area (Å²) < 4.78 is 15.8. The van der Waals surface area contributed by atoms with Gasteiger partial charge in [-0.2, -0.15) is 0 Å². The molecule has 0 aliphatic heterocycles. The van der Waals surface area contributed by atoms with E-state index in [0.29, 0.717) is 42.3 Å². The minimum atomic E-state index is -1.04. The summed E-state index contributed by atoms with van der Waals surface area (Å²) >= 11 is 0. The van der Waals surface area contributed by atoms with Gasteiger partial charge in [-0.25, -0.2) is 4.79 Å². The van der Waals surface area contributed by atoms with Gasteiger partial charge < -0.3 is 24.2 Å². The van der Waals surface area contributed by atoms with E-state index in [0.717, 1.165) is 11.1 Å². The van der Waals surface area contributed by atoms with Crippen LogP contribution >= 0.6 is 0 Å². The van der Waals surface area contributed by atoms with Crippen molar-refractivity contribution in [3.63, 3.8) is 0 Å². The monoisotopic (exact) mass is 449 g/mol. The zero-order valence-electron chi connectivity index (χ0n) is 18.7. The van der Waals surface area contributed by atoms with Crippen molar-refractivity contribution in [1.82, 2.24) is 4.90 Å². The van der Waals surface area contributed by atoms with Gasteiger partial charge in [0, 0.05) is 24.7 Å². The number of carbonyl (C=O) groups excluding carboxylic acids is 1. The van der Waals surface area contributed by atoms with Crippen LogP contribution in [0.5, 0.6) is 17.2 Å². The summed E-state index contributed by atoms with van der Waals surface area (Å²) in [6.07, 6.45) is 0.702. The lowest BCUT2D eigenvalue weighted by atomic mass is 10.1. The maximum atomic E-state index is 13.5. The lowest BCUT2D eigenvalue weighted by molar-refractivity contribution is -0.139. The molecule has 3 aromatic carbocycles. The fourth-order valence-electron chi connectivity index (χ4n) is 3.33. The van der Waals surface area contributed by atoms with Crippen LogP contribution in [0.2, 0.25) is 0 Å². The van der Waals surface area contributed by atoms with Gasteiger partial charge in [0.25, 0.3) is 5.91 Å². The zero-order valence-corrected chi connectivity index (χ0v) is 18.7. The number of rotatable bonds is 11. The van der Waals surface area contributed by atoms with Crippen molar-refractivity contribution in [1.29, 1.82) is 0 Å². The van der Waals surface area contributed by atoms with E-state index in [4.69, 9.17) is 19.3 Å². The van der Waals surface area contributed by atoms with Crippen molar-refractivity contribution < 1.29 is 28.9 Å². The molecule has 0 saturated carbocycles. The number of carbonyl (C=O) groups is 2. The van der Waals surface area contributed by atoms with Crippen LogP contribution in [0.3, 0.4) is 0 Å². The van der Waals surface area contributed by atoms with Gasteiger partial charge in [-0.3, -0.25) is 4.79 Å². The van der Waals surface area contributed by atoms with Gasteiger partial charge in [-0.05, 0) is 41.8 Å². The molecule has 0 fully saturated rings. The van der Waals surface area contributed by atoms with Crippen LogP contribution in [0.1, 0.15) is 21.5 Å². The lowest BCUT2D eigenvalue weighted by Crippen LogP contribution is -2.32. The third-order valence-electron chi connectivity index (χ3n) is 5.06. The third-order valence-corrected chi connectivity index (χ3v) is 5.06. The SMILES string of the molecule is COc1cc(OC)cc(C(=O)N(CCc2ccccc2)Cc2ccc(OCC(=O)O)cc2)c1. The van der Waals surface area contributed by atoms with Crippen molar-refractivity contribution in [2.75, 3.05) is 27.4 Å². The molecule has 7 nitrogen and oxygen atoms in total. The second-order valence-electron chi connectivity index (χ2n) is 7.39. The Morgan fingerprint density at radius 1 is 0.818 bits per heavy atom. The van der Waals surface area contributed by atoms with E-state index in [2.05, 4.69) is 0 Å². The summed E-state index contributed by atoms with van der Waals surface area (Å²) in [7, 11) is 3.09. The Morgan fingerprint density at radius 2 is 1.45 bits per heavy atom. The summed E-state index contributed by atoms with van der Waals surface area (Å²) in [6.45, 7) is 0.489. The molecular weight excluding hydrogens is 422 g/mol. The molecule has 0 atom stereocenters. The Balaban J connectivity index is 1.81. The summed E-state index contributed by atoms with van der Waals surface area (Å²) in [4.78, 5) is 25.9. The average molecular weight is 450 g/mol.